The average Bonchev–Trinajstić information content (AvgIpc) is 2.15. The number of carbonyl (C=O) groups is 1. The first kappa shape index (κ1) is 11.0. The normalized spacial score (nSPS) is 10.6. The lowest BCUT2D eigenvalue weighted by Crippen LogP contribution is -1.95. The molecule has 5 heteroatoms. The van der Waals surface area contributed by atoms with Gasteiger partial charge >= 0.3 is 5.97 Å². The molecule has 0 fully saturated rings. The molecule has 0 spiro atoms. The molecule has 2 rings (SSSR count). The second kappa shape index (κ2) is 3.85. The van der Waals surface area contributed by atoms with Crippen molar-refractivity contribution in [3.8, 4) is 5.75 Å². The van der Waals surface area contributed by atoms with Crippen molar-refractivity contribution < 1.29 is 15.0 Å². The first-order chi connectivity index (χ1) is 7.49. The van der Waals surface area contributed by atoms with Crippen LogP contribution in [0.4, 0.5) is 0 Å². The molecule has 16 heavy (non-hydrogen) atoms. The molecule has 0 amide bonds. The molecule has 0 aromatic heterocycles. The van der Waals surface area contributed by atoms with E-state index in [1.165, 1.54) is 12.1 Å². The van der Waals surface area contributed by atoms with Gasteiger partial charge in [-0.15, -0.1) is 0 Å². The SMILES string of the molecule is O=C(O)c1cc(O)c2c(Cl)cc(Cl)cc2c1. The number of hydrogen-bond acceptors (Lipinski definition) is 2. The second-order valence-corrected chi connectivity index (χ2v) is 4.13. The van der Waals surface area contributed by atoms with Crippen molar-refractivity contribution in [3.05, 3.63) is 39.9 Å². The number of halogens is 2. The highest BCUT2D eigenvalue weighted by Gasteiger charge is 2.11. The van der Waals surface area contributed by atoms with Gasteiger partial charge in [0.1, 0.15) is 5.75 Å². The molecule has 0 saturated heterocycles. The van der Waals surface area contributed by atoms with Crippen LogP contribution in [0.2, 0.25) is 10.0 Å². The summed E-state index contributed by atoms with van der Waals surface area (Å²) < 4.78 is 0. The standard InChI is InChI=1S/C11H6Cl2O3/c12-7-2-5-1-6(11(15)16)3-9(14)10(5)8(13)4-7/h1-4,14H,(H,15,16). The molecule has 2 aromatic carbocycles. The predicted octanol–water partition coefficient (Wildman–Crippen LogP) is 3.55. The Morgan fingerprint density at radius 1 is 1.12 bits per heavy atom. The van der Waals surface area contributed by atoms with Crippen molar-refractivity contribution >= 4 is 39.9 Å². The summed E-state index contributed by atoms with van der Waals surface area (Å²) >= 11 is 11.7. The van der Waals surface area contributed by atoms with Crippen molar-refractivity contribution in [3.63, 3.8) is 0 Å². The van der Waals surface area contributed by atoms with E-state index in [9.17, 15) is 9.90 Å². The topological polar surface area (TPSA) is 57.5 Å². The summed E-state index contributed by atoms with van der Waals surface area (Å²) in [5, 5.41) is 20.1. The molecule has 0 heterocycles. The first-order valence-corrected chi connectivity index (χ1v) is 5.09. The Hall–Kier alpha value is -1.45. The zero-order chi connectivity index (χ0) is 11.9. The largest absolute Gasteiger partial charge is 0.507 e. The van der Waals surface area contributed by atoms with E-state index in [1.54, 1.807) is 6.07 Å². The predicted molar refractivity (Wildman–Crippen MR) is 62.6 cm³/mol. The Labute approximate surface area is 101 Å². The molecule has 0 aliphatic carbocycles. The van der Waals surface area contributed by atoms with Crippen LogP contribution in [0, 0.1) is 0 Å². The van der Waals surface area contributed by atoms with Gasteiger partial charge in [0.25, 0.3) is 0 Å². The van der Waals surface area contributed by atoms with E-state index in [4.69, 9.17) is 28.3 Å². The fourth-order valence-electron chi connectivity index (χ4n) is 1.53. The number of carboxylic acid groups (broad SMARTS) is 1. The van der Waals surface area contributed by atoms with Gasteiger partial charge in [0, 0.05) is 10.4 Å². The average molecular weight is 257 g/mol. The molecular formula is C11H6Cl2O3. The highest BCUT2D eigenvalue weighted by molar-refractivity contribution is 6.39. The fraction of sp³-hybridized carbons (Fsp3) is 0. The molecule has 3 nitrogen and oxygen atoms in total. The molecule has 0 aliphatic heterocycles. The van der Waals surface area contributed by atoms with Crippen molar-refractivity contribution in [2.24, 2.45) is 0 Å². The van der Waals surface area contributed by atoms with Crippen LogP contribution in [0.15, 0.2) is 24.3 Å². The third-order valence-corrected chi connectivity index (χ3v) is 2.71. The number of fused-ring (bicyclic) bond motifs is 1. The van der Waals surface area contributed by atoms with Gasteiger partial charge in [0.15, 0.2) is 0 Å². The number of phenolic OH excluding ortho intramolecular Hbond substituents is 1. The summed E-state index contributed by atoms with van der Waals surface area (Å²) in [7, 11) is 0. The lowest BCUT2D eigenvalue weighted by molar-refractivity contribution is 0.0696. The van der Waals surface area contributed by atoms with Crippen LogP contribution in [-0.2, 0) is 0 Å². The number of benzene rings is 2. The summed E-state index contributed by atoms with van der Waals surface area (Å²) in [6.07, 6.45) is 0. The molecule has 0 radical (unpaired) electrons. The summed E-state index contributed by atoms with van der Waals surface area (Å²) in [5.41, 5.74) is -0.0108. The number of phenols is 1. The minimum Gasteiger partial charge on any atom is -0.507 e. The quantitative estimate of drug-likeness (QED) is 0.821. The molecule has 0 aliphatic rings. The van der Waals surface area contributed by atoms with Crippen LogP contribution in [-0.4, -0.2) is 16.2 Å². The molecule has 0 unspecified atom stereocenters. The summed E-state index contributed by atoms with van der Waals surface area (Å²) in [6, 6.07) is 5.61. The Morgan fingerprint density at radius 3 is 2.44 bits per heavy atom. The maximum atomic E-state index is 10.8. The van der Waals surface area contributed by atoms with Crippen LogP contribution in [0.1, 0.15) is 10.4 Å². The van der Waals surface area contributed by atoms with Crippen molar-refractivity contribution in [1.29, 1.82) is 0 Å². The highest BCUT2D eigenvalue weighted by Crippen LogP contribution is 2.35. The van der Waals surface area contributed by atoms with E-state index in [-0.39, 0.29) is 16.3 Å². The van der Waals surface area contributed by atoms with E-state index in [0.717, 1.165) is 6.07 Å². The van der Waals surface area contributed by atoms with E-state index in [0.29, 0.717) is 15.8 Å². The minimum atomic E-state index is -1.12. The third kappa shape index (κ3) is 1.79. The van der Waals surface area contributed by atoms with Gasteiger partial charge < -0.3 is 10.2 Å². The Bertz CT molecular complexity index is 593. The number of aromatic carboxylic acids is 1. The first-order valence-electron chi connectivity index (χ1n) is 4.34. The number of rotatable bonds is 1. The molecular weight excluding hydrogens is 251 g/mol. The maximum Gasteiger partial charge on any atom is 0.335 e. The fourth-order valence-corrected chi connectivity index (χ4v) is 2.14. The van der Waals surface area contributed by atoms with Gasteiger partial charge in [-0.05, 0) is 29.7 Å². The van der Waals surface area contributed by atoms with Crippen LogP contribution < -0.4 is 0 Å². The molecule has 0 bridgehead atoms. The van der Waals surface area contributed by atoms with Gasteiger partial charge in [0.05, 0.1) is 10.6 Å². The summed E-state index contributed by atoms with van der Waals surface area (Å²) in [6.45, 7) is 0. The zero-order valence-corrected chi connectivity index (χ0v) is 9.38. The maximum absolute atomic E-state index is 10.8. The van der Waals surface area contributed by atoms with Crippen LogP contribution >= 0.6 is 23.2 Å². The van der Waals surface area contributed by atoms with Crippen molar-refractivity contribution in [1.82, 2.24) is 0 Å². The van der Waals surface area contributed by atoms with E-state index < -0.39 is 5.97 Å². The molecule has 2 N–H and O–H groups in total. The van der Waals surface area contributed by atoms with Crippen LogP contribution in [0.3, 0.4) is 0 Å². The monoisotopic (exact) mass is 256 g/mol. The van der Waals surface area contributed by atoms with E-state index in [2.05, 4.69) is 0 Å². The van der Waals surface area contributed by atoms with Gasteiger partial charge in [0.2, 0.25) is 0 Å². The van der Waals surface area contributed by atoms with Gasteiger partial charge in [-0.1, -0.05) is 23.2 Å². The minimum absolute atomic E-state index is 0.0108. The molecule has 0 atom stereocenters. The lowest BCUT2D eigenvalue weighted by atomic mass is 10.1. The van der Waals surface area contributed by atoms with E-state index >= 15 is 0 Å². The Morgan fingerprint density at radius 2 is 1.81 bits per heavy atom. The molecule has 82 valence electrons. The van der Waals surface area contributed by atoms with Gasteiger partial charge in [-0.2, -0.15) is 0 Å². The van der Waals surface area contributed by atoms with Gasteiger partial charge in [-0.25, -0.2) is 4.79 Å². The second-order valence-electron chi connectivity index (χ2n) is 3.29. The number of carboxylic acids is 1. The smallest absolute Gasteiger partial charge is 0.335 e. The summed E-state index contributed by atoms with van der Waals surface area (Å²) in [4.78, 5) is 10.8. The van der Waals surface area contributed by atoms with Crippen molar-refractivity contribution in [2.75, 3.05) is 0 Å². The highest BCUT2D eigenvalue weighted by atomic mass is 35.5. The summed E-state index contributed by atoms with van der Waals surface area (Å²) in [5.74, 6) is -1.29. The van der Waals surface area contributed by atoms with Crippen LogP contribution in [0.25, 0.3) is 10.8 Å². The Balaban J connectivity index is 2.87. The van der Waals surface area contributed by atoms with Crippen LogP contribution in [0.5, 0.6) is 5.75 Å². The third-order valence-electron chi connectivity index (χ3n) is 2.19. The number of aromatic hydroxyl groups is 1. The Kier molecular flexibility index (Phi) is 2.66. The molecule has 0 saturated carbocycles. The zero-order valence-electron chi connectivity index (χ0n) is 7.87. The number of hydrogen-bond donors (Lipinski definition) is 2. The van der Waals surface area contributed by atoms with Crippen molar-refractivity contribution in [2.45, 2.75) is 0 Å². The molecule has 2 aromatic rings. The van der Waals surface area contributed by atoms with E-state index in [1.807, 2.05) is 0 Å². The van der Waals surface area contributed by atoms with Gasteiger partial charge in [-0.3, -0.25) is 0 Å². The lowest BCUT2D eigenvalue weighted by Gasteiger charge is -2.06.